The van der Waals surface area contributed by atoms with E-state index < -0.39 is 23.4 Å². The highest BCUT2D eigenvalue weighted by atomic mass is 16.3. The number of benzene rings is 1. The smallest absolute Gasteiger partial charge is 0.190 e. The molecule has 0 bridgehead atoms. The zero-order valence-corrected chi connectivity index (χ0v) is 18.4. The van der Waals surface area contributed by atoms with Crippen LogP contribution in [0.1, 0.15) is 63.9 Å². The lowest BCUT2D eigenvalue weighted by Crippen LogP contribution is -2.57. The van der Waals surface area contributed by atoms with E-state index in [4.69, 9.17) is 0 Å². The van der Waals surface area contributed by atoms with Gasteiger partial charge in [-0.15, -0.1) is 0 Å². The Bertz CT molecular complexity index is 992. The van der Waals surface area contributed by atoms with Gasteiger partial charge in [0, 0.05) is 29.6 Å². The molecular formula is C27H32O4. The average Bonchev–Trinajstić information content (AvgIpc) is 3.02. The van der Waals surface area contributed by atoms with E-state index in [1.165, 1.54) is 11.1 Å². The van der Waals surface area contributed by atoms with Crippen molar-refractivity contribution in [3.05, 3.63) is 59.2 Å². The second-order valence-corrected chi connectivity index (χ2v) is 10.6. The summed E-state index contributed by atoms with van der Waals surface area (Å²) in [5.74, 6) is -0.0684. The fraction of sp³-hybridized carbons (Fsp3) is 0.556. The summed E-state index contributed by atoms with van der Waals surface area (Å²) in [5, 5.41) is 21.9. The van der Waals surface area contributed by atoms with Crippen molar-refractivity contribution in [2.75, 3.05) is 6.61 Å². The van der Waals surface area contributed by atoms with E-state index in [9.17, 15) is 19.8 Å². The van der Waals surface area contributed by atoms with E-state index in [2.05, 4.69) is 19.1 Å². The van der Waals surface area contributed by atoms with E-state index in [1.54, 1.807) is 0 Å². The Balaban J connectivity index is 1.61. The first-order chi connectivity index (χ1) is 14.8. The first-order valence-corrected chi connectivity index (χ1v) is 11.6. The van der Waals surface area contributed by atoms with Crippen LogP contribution in [-0.2, 0) is 9.59 Å². The van der Waals surface area contributed by atoms with Gasteiger partial charge in [-0.1, -0.05) is 67.5 Å². The van der Waals surface area contributed by atoms with Gasteiger partial charge in [0.15, 0.2) is 5.78 Å². The lowest BCUT2D eigenvalue weighted by atomic mass is 9.51. The van der Waals surface area contributed by atoms with Crippen LogP contribution >= 0.6 is 0 Å². The van der Waals surface area contributed by atoms with Crippen molar-refractivity contribution < 1.29 is 19.8 Å². The highest BCUT2D eigenvalue weighted by molar-refractivity contribution is 5.91. The molecule has 0 radical (unpaired) electrons. The number of ketones is 2. The van der Waals surface area contributed by atoms with Crippen molar-refractivity contribution in [1.82, 2.24) is 0 Å². The molecule has 4 aliphatic carbocycles. The normalized spacial score (nSPS) is 41.5. The highest BCUT2D eigenvalue weighted by Gasteiger charge is 2.68. The van der Waals surface area contributed by atoms with Crippen LogP contribution in [0.15, 0.2) is 53.6 Å². The fourth-order valence-electron chi connectivity index (χ4n) is 7.53. The molecule has 31 heavy (non-hydrogen) atoms. The zero-order chi connectivity index (χ0) is 22.0. The molecule has 5 rings (SSSR count). The molecule has 1 aromatic carbocycles. The molecule has 2 unspecified atom stereocenters. The van der Waals surface area contributed by atoms with Crippen molar-refractivity contribution in [2.45, 2.75) is 63.9 Å². The first-order valence-electron chi connectivity index (χ1n) is 11.6. The van der Waals surface area contributed by atoms with Crippen LogP contribution in [0.4, 0.5) is 0 Å². The Morgan fingerprint density at radius 1 is 1.16 bits per heavy atom. The van der Waals surface area contributed by atoms with Crippen LogP contribution in [0.2, 0.25) is 0 Å². The standard InChI is InChI=1S/C27H32O4/c1-25-12-10-19(29)14-18(25)8-9-20-21(25)11-13-26(2)23(20)15-22(17-6-4-3-5-7-17)27(26,31)24(30)16-28/h3-8,11,20,22-23,28,31H,9-10,12-16H2,1-2H3/t20?,22-,23?,25-,26-,27-/m0/s1. The van der Waals surface area contributed by atoms with E-state index in [0.717, 1.165) is 24.8 Å². The Labute approximate surface area is 184 Å². The molecule has 0 saturated heterocycles. The van der Waals surface area contributed by atoms with Gasteiger partial charge in [-0.25, -0.2) is 0 Å². The molecule has 6 atom stereocenters. The molecule has 2 N–H and O–H groups in total. The van der Waals surface area contributed by atoms with E-state index in [-0.39, 0.29) is 23.2 Å². The van der Waals surface area contributed by atoms with Crippen LogP contribution in [0.5, 0.6) is 0 Å². The molecule has 2 fully saturated rings. The number of aliphatic hydroxyl groups is 2. The third-order valence-corrected chi connectivity index (χ3v) is 9.34. The molecule has 1 aromatic rings. The Morgan fingerprint density at radius 3 is 2.61 bits per heavy atom. The van der Waals surface area contributed by atoms with Gasteiger partial charge in [-0.05, 0) is 43.1 Å². The highest BCUT2D eigenvalue weighted by Crippen LogP contribution is 2.68. The number of allylic oxidation sites excluding steroid dienone is 4. The van der Waals surface area contributed by atoms with Crippen LogP contribution in [0.25, 0.3) is 0 Å². The largest absolute Gasteiger partial charge is 0.388 e. The van der Waals surface area contributed by atoms with Gasteiger partial charge in [-0.2, -0.15) is 0 Å². The number of hydrogen-bond acceptors (Lipinski definition) is 4. The number of Topliss-reactive ketones (excluding diaryl/α,β-unsaturated/α-hetero) is 2. The molecule has 0 amide bonds. The van der Waals surface area contributed by atoms with Gasteiger partial charge in [0.1, 0.15) is 18.0 Å². The number of aliphatic hydroxyl groups excluding tert-OH is 1. The maximum atomic E-state index is 13.1. The predicted octanol–water partition coefficient (Wildman–Crippen LogP) is 4.12. The SMILES string of the molecule is C[C@]12CCC(=O)CC1=CCC1C2=CC[C@@]2(C)C1C[C@@H](c1ccccc1)[C@]2(O)C(=O)CO. The summed E-state index contributed by atoms with van der Waals surface area (Å²) in [7, 11) is 0. The molecular weight excluding hydrogens is 388 g/mol. The fourth-order valence-corrected chi connectivity index (χ4v) is 7.53. The minimum Gasteiger partial charge on any atom is -0.388 e. The zero-order valence-electron chi connectivity index (χ0n) is 18.4. The topological polar surface area (TPSA) is 74.6 Å². The van der Waals surface area contributed by atoms with Gasteiger partial charge >= 0.3 is 0 Å². The average molecular weight is 421 g/mol. The number of hydrogen-bond donors (Lipinski definition) is 2. The molecule has 164 valence electrons. The number of rotatable bonds is 3. The van der Waals surface area contributed by atoms with Crippen molar-refractivity contribution in [3.8, 4) is 0 Å². The van der Waals surface area contributed by atoms with Gasteiger partial charge in [-0.3, -0.25) is 9.59 Å². The van der Waals surface area contributed by atoms with Gasteiger partial charge in [0.05, 0.1) is 0 Å². The summed E-state index contributed by atoms with van der Waals surface area (Å²) in [6.45, 7) is 3.68. The first kappa shape index (κ1) is 20.8. The minimum absolute atomic E-state index is 0.0813. The van der Waals surface area contributed by atoms with Gasteiger partial charge < -0.3 is 10.2 Å². The van der Waals surface area contributed by atoms with E-state index in [0.29, 0.717) is 25.0 Å². The molecule has 2 saturated carbocycles. The Morgan fingerprint density at radius 2 is 1.90 bits per heavy atom. The third-order valence-electron chi connectivity index (χ3n) is 9.34. The monoisotopic (exact) mass is 420 g/mol. The summed E-state index contributed by atoms with van der Waals surface area (Å²) in [6.07, 6.45) is 8.78. The quantitative estimate of drug-likeness (QED) is 0.721. The Kier molecular flexibility index (Phi) is 4.69. The minimum atomic E-state index is -1.59. The molecule has 0 aliphatic heterocycles. The lowest BCUT2D eigenvalue weighted by Gasteiger charge is -2.54. The summed E-state index contributed by atoms with van der Waals surface area (Å²) in [5.41, 5.74) is 1.33. The van der Waals surface area contributed by atoms with Crippen molar-refractivity contribution >= 4 is 11.6 Å². The van der Waals surface area contributed by atoms with Crippen LogP contribution in [0.3, 0.4) is 0 Å². The molecule has 0 spiro atoms. The van der Waals surface area contributed by atoms with E-state index >= 15 is 0 Å². The van der Waals surface area contributed by atoms with Gasteiger partial charge in [0.2, 0.25) is 0 Å². The maximum absolute atomic E-state index is 13.1. The second kappa shape index (κ2) is 6.98. The van der Waals surface area contributed by atoms with Crippen molar-refractivity contribution in [1.29, 1.82) is 0 Å². The number of fused-ring (bicyclic) bond motifs is 5. The maximum Gasteiger partial charge on any atom is 0.190 e. The molecule has 4 heteroatoms. The number of carbonyl (C=O) groups is 2. The van der Waals surface area contributed by atoms with Gasteiger partial charge in [0.25, 0.3) is 0 Å². The third kappa shape index (κ3) is 2.67. The summed E-state index contributed by atoms with van der Waals surface area (Å²) >= 11 is 0. The molecule has 4 nitrogen and oxygen atoms in total. The predicted molar refractivity (Wildman–Crippen MR) is 118 cm³/mol. The summed E-state index contributed by atoms with van der Waals surface area (Å²) in [6, 6.07) is 9.81. The van der Waals surface area contributed by atoms with Crippen molar-refractivity contribution in [3.63, 3.8) is 0 Å². The molecule has 4 aliphatic rings. The second-order valence-electron chi connectivity index (χ2n) is 10.6. The Hall–Kier alpha value is -2.04. The van der Waals surface area contributed by atoms with E-state index in [1.807, 2.05) is 37.3 Å². The summed E-state index contributed by atoms with van der Waals surface area (Å²) < 4.78 is 0. The molecule has 0 heterocycles. The summed E-state index contributed by atoms with van der Waals surface area (Å²) in [4.78, 5) is 25.2. The van der Waals surface area contributed by atoms with Crippen LogP contribution in [-0.4, -0.2) is 34.0 Å². The van der Waals surface area contributed by atoms with Crippen molar-refractivity contribution in [2.24, 2.45) is 22.7 Å². The van der Waals surface area contributed by atoms with Crippen LogP contribution < -0.4 is 0 Å². The number of carbonyl (C=O) groups excluding carboxylic acids is 2. The molecule has 0 aromatic heterocycles. The lowest BCUT2D eigenvalue weighted by molar-refractivity contribution is -0.158. The van der Waals surface area contributed by atoms with Crippen LogP contribution in [0, 0.1) is 22.7 Å².